The summed E-state index contributed by atoms with van der Waals surface area (Å²) in [6.07, 6.45) is 0.788. The first-order valence-corrected chi connectivity index (χ1v) is 9.16. The monoisotopic (exact) mass is 499 g/mol. The van der Waals surface area contributed by atoms with Crippen molar-refractivity contribution in [2.45, 2.75) is 33.7 Å². The molecule has 0 saturated carbocycles. The van der Waals surface area contributed by atoms with Crippen LogP contribution in [0.5, 0.6) is 0 Å². The Balaban J connectivity index is 0.00000392. The number of carbonyl (C=O) groups is 1. The number of aryl methyl sites for hydroxylation is 2. The second-order valence-corrected chi connectivity index (χ2v) is 6.52. The molecule has 8 heteroatoms. The fraction of sp³-hybridized carbons (Fsp3) is 0.450. The van der Waals surface area contributed by atoms with Gasteiger partial charge in [-0.1, -0.05) is 12.1 Å². The Morgan fingerprint density at radius 3 is 2.61 bits per heavy atom. The topological polar surface area (TPSA) is 82.8 Å². The van der Waals surface area contributed by atoms with E-state index < -0.39 is 0 Å². The van der Waals surface area contributed by atoms with Crippen LogP contribution in [0.1, 0.15) is 40.2 Å². The van der Waals surface area contributed by atoms with Crippen molar-refractivity contribution in [3.63, 3.8) is 0 Å². The van der Waals surface area contributed by atoms with Gasteiger partial charge in [0.25, 0.3) is 5.91 Å². The predicted octanol–water partition coefficient (Wildman–Crippen LogP) is 2.91. The minimum Gasteiger partial charge on any atom is -0.444 e. The van der Waals surface area contributed by atoms with E-state index in [-0.39, 0.29) is 29.9 Å². The molecule has 0 radical (unpaired) electrons. The van der Waals surface area contributed by atoms with Crippen LogP contribution < -0.4 is 10.6 Å². The highest BCUT2D eigenvalue weighted by atomic mass is 127. The fourth-order valence-electron chi connectivity index (χ4n) is 2.54. The summed E-state index contributed by atoms with van der Waals surface area (Å²) < 4.78 is 5.56. The number of hydrogen-bond acceptors (Lipinski definition) is 4. The maximum absolute atomic E-state index is 12.1. The Labute approximate surface area is 184 Å². The quantitative estimate of drug-likeness (QED) is 0.348. The maximum atomic E-state index is 12.1. The molecule has 0 spiro atoms. The molecule has 1 aromatic carbocycles. The first-order chi connectivity index (χ1) is 12.9. The lowest BCUT2D eigenvalue weighted by molar-refractivity contribution is 0.0827. The summed E-state index contributed by atoms with van der Waals surface area (Å²) in [4.78, 5) is 22.5. The van der Waals surface area contributed by atoms with Crippen molar-refractivity contribution in [3.8, 4) is 0 Å². The number of guanidine groups is 1. The minimum absolute atomic E-state index is 0. The number of halogens is 1. The van der Waals surface area contributed by atoms with Crippen LogP contribution in [0.2, 0.25) is 0 Å². The molecule has 0 saturated heterocycles. The van der Waals surface area contributed by atoms with Crippen molar-refractivity contribution in [2.24, 2.45) is 4.99 Å². The number of aromatic nitrogens is 1. The lowest BCUT2D eigenvalue weighted by Crippen LogP contribution is -2.38. The van der Waals surface area contributed by atoms with Crippen LogP contribution in [0.3, 0.4) is 0 Å². The predicted molar refractivity (Wildman–Crippen MR) is 122 cm³/mol. The van der Waals surface area contributed by atoms with Crippen molar-refractivity contribution in [1.29, 1.82) is 0 Å². The second kappa shape index (κ2) is 11.7. The molecule has 1 amide bonds. The van der Waals surface area contributed by atoms with Crippen molar-refractivity contribution in [3.05, 3.63) is 52.7 Å². The van der Waals surface area contributed by atoms with Gasteiger partial charge in [-0.3, -0.25) is 4.79 Å². The SMILES string of the molecule is CCNC(=NCc1nc(C)c(C)o1)NCCc1cccc(C(=O)N(C)C)c1.I. The van der Waals surface area contributed by atoms with Gasteiger partial charge in [0, 0.05) is 32.7 Å². The summed E-state index contributed by atoms with van der Waals surface area (Å²) in [5.74, 6) is 2.16. The Kier molecular flexibility index (Phi) is 9.98. The van der Waals surface area contributed by atoms with Crippen LogP contribution in [0.4, 0.5) is 0 Å². The van der Waals surface area contributed by atoms with Crippen LogP contribution >= 0.6 is 24.0 Å². The number of aliphatic imine (C=N–C) groups is 1. The highest BCUT2D eigenvalue weighted by molar-refractivity contribution is 14.0. The van der Waals surface area contributed by atoms with Gasteiger partial charge in [0.15, 0.2) is 5.96 Å². The van der Waals surface area contributed by atoms with Crippen LogP contribution in [0.25, 0.3) is 0 Å². The van der Waals surface area contributed by atoms with Gasteiger partial charge in [-0.05, 0) is 44.9 Å². The van der Waals surface area contributed by atoms with Gasteiger partial charge in [0.2, 0.25) is 5.89 Å². The summed E-state index contributed by atoms with van der Waals surface area (Å²) in [5.41, 5.74) is 2.70. The Morgan fingerprint density at radius 1 is 1.25 bits per heavy atom. The number of hydrogen-bond donors (Lipinski definition) is 2. The van der Waals surface area contributed by atoms with Crippen LogP contribution in [-0.4, -0.2) is 48.9 Å². The van der Waals surface area contributed by atoms with E-state index in [9.17, 15) is 4.79 Å². The van der Waals surface area contributed by atoms with Crippen molar-refractivity contribution >= 4 is 35.8 Å². The van der Waals surface area contributed by atoms with Gasteiger partial charge in [0.1, 0.15) is 12.3 Å². The normalized spacial score (nSPS) is 11.0. The van der Waals surface area contributed by atoms with E-state index in [0.29, 0.717) is 30.5 Å². The zero-order valence-electron chi connectivity index (χ0n) is 17.2. The molecule has 7 nitrogen and oxygen atoms in total. The number of benzene rings is 1. The minimum atomic E-state index is 0. The molecule has 1 heterocycles. The van der Waals surface area contributed by atoms with Gasteiger partial charge in [-0.25, -0.2) is 9.98 Å². The zero-order chi connectivity index (χ0) is 19.8. The first kappa shape index (κ1) is 23.9. The Hall–Kier alpha value is -2.10. The van der Waals surface area contributed by atoms with Crippen molar-refractivity contribution in [2.75, 3.05) is 27.2 Å². The first-order valence-electron chi connectivity index (χ1n) is 9.16. The molecule has 0 aliphatic carbocycles. The summed E-state index contributed by atoms with van der Waals surface area (Å²) in [7, 11) is 3.51. The standard InChI is InChI=1S/C20H29N5O2.HI/c1-6-21-20(23-13-18-24-14(2)15(3)27-18)22-11-10-16-8-7-9-17(12-16)19(26)25(4)5;/h7-9,12H,6,10-11,13H2,1-5H3,(H2,21,22,23);1H. The van der Waals surface area contributed by atoms with Gasteiger partial charge < -0.3 is 20.0 Å². The van der Waals surface area contributed by atoms with Crippen molar-refractivity contribution in [1.82, 2.24) is 20.5 Å². The molecule has 0 unspecified atom stereocenters. The van der Waals surface area contributed by atoms with Crippen LogP contribution in [-0.2, 0) is 13.0 Å². The van der Waals surface area contributed by atoms with Gasteiger partial charge in [-0.2, -0.15) is 0 Å². The zero-order valence-corrected chi connectivity index (χ0v) is 19.5. The molecule has 2 rings (SSSR count). The maximum Gasteiger partial charge on any atom is 0.253 e. The molecular weight excluding hydrogens is 469 g/mol. The number of amides is 1. The molecular formula is C20H30IN5O2. The smallest absolute Gasteiger partial charge is 0.253 e. The number of carbonyl (C=O) groups excluding carboxylic acids is 1. The van der Waals surface area contributed by atoms with Crippen LogP contribution in [0, 0.1) is 13.8 Å². The van der Waals surface area contributed by atoms with Gasteiger partial charge >= 0.3 is 0 Å². The summed E-state index contributed by atoms with van der Waals surface area (Å²) in [5, 5.41) is 6.52. The van der Waals surface area contributed by atoms with E-state index in [4.69, 9.17) is 4.42 Å². The molecule has 0 bridgehead atoms. The van der Waals surface area contributed by atoms with Gasteiger partial charge in [0.05, 0.1) is 5.69 Å². The van der Waals surface area contributed by atoms with Crippen LogP contribution in [0.15, 0.2) is 33.7 Å². The molecule has 0 aliphatic heterocycles. The number of rotatable bonds is 7. The van der Waals surface area contributed by atoms with E-state index in [0.717, 1.165) is 30.0 Å². The molecule has 154 valence electrons. The van der Waals surface area contributed by atoms with E-state index in [1.165, 1.54) is 0 Å². The highest BCUT2D eigenvalue weighted by Gasteiger charge is 2.08. The number of nitrogens with zero attached hydrogens (tertiary/aromatic N) is 3. The molecule has 0 aliphatic rings. The summed E-state index contributed by atoms with van der Waals surface area (Å²) >= 11 is 0. The van der Waals surface area contributed by atoms with E-state index in [2.05, 4.69) is 20.6 Å². The second-order valence-electron chi connectivity index (χ2n) is 6.52. The third-order valence-electron chi connectivity index (χ3n) is 4.08. The van der Waals surface area contributed by atoms with Crippen molar-refractivity contribution < 1.29 is 9.21 Å². The van der Waals surface area contributed by atoms with E-state index in [1.54, 1.807) is 19.0 Å². The molecule has 28 heavy (non-hydrogen) atoms. The Bertz CT molecular complexity index is 782. The largest absolute Gasteiger partial charge is 0.444 e. The average molecular weight is 499 g/mol. The lowest BCUT2D eigenvalue weighted by Gasteiger charge is -2.13. The van der Waals surface area contributed by atoms with Gasteiger partial charge in [-0.15, -0.1) is 24.0 Å². The number of nitrogens with one attached hydrogen (secondary N) is 2. The summed E-state index contributed by atoms with van der Waals surface area (Å²) in [6.45, 7) is 7.69. The molecule has 2 aromatic rings. The van der Waals surface area contributed by atoms with E-state index in [1.807, 2.05) is 45.0 Å². The summed E-state index contributed by atoms with van der Waals surface area (Å²) in [6, 6.07) is 7.71. The Morgan fingerprint density at radius 2 is 2.00 bits per heavy atom. The molecule has 2 N–H and O–H groups in total. The molecule has 0 atom stereocenters. The molecule has 1 aromatic heterocycles. The molecule has 0 fully saturated rings. The highest BCUT2D eigenvalue weighted by Crippen LogP contribution is 2.09. The third-order valence-corrected chi connectivity index (χ3v) is 4.08. The lowest BCUT2D eigenvalue weighted by atomic mass is 10.1. The number of oxazole rings is 1. The third kappa shape index (κ3) is 7.14. The average Bonchev–Trinajstić information content (AvgIpc) is 2.97. The fourth-order valence-corrected chi connectivity index (χ4v) is 2.54. The van der Waals surface area contributed by atoms with E-state index >= 15 is 0 Å².